The first kappa shape index (κ1) is 13.5. The number of allylic oxidation sites excluding steroid dienone is 3. The number of carbonyl (C=O) groups is 1. The summed E-state index contributed by atoms with van der Waals surface area (Å²) in [5.74, 6) is 1.43. The van der Waals surface area contributed by atoms with E-state index in [2.05, 4.69) is 26.0 Å². The van der Waals surface area contributed by atoms with Gasteiger partial charge in [0.15, 0.2) is 5.78 Å². The second-order valence-electron chi connectivity index (χ2n) is 5.39. The first-order valence-corrected chi connectivity index (χ1v) is 6.61. The Morgan fingerprint density at radius 3 is 2.89 bits per heavy atom. The molecule has 0 aliphatic heterocycles. The van der Waals surface area contributed by atoms with Gasteiger partial charge in [0.1, 0.15) is 6.79 Å². The molecule has 0 aromatic rings. The van der Waals surface area contributed by atoms with Crippen LogP contribution in [-0.4, -0.2) is 25.8 Å². The van der Waals surface area contributed by atoms with Crippen LogP contribution in [0, 0.1) is 17.8 Å². The minimum absolute atomic E-state index is 0.0231. The molecule has 0 spiro atoms. The first-order valence-electron chi connectivity index (χ1n) is 6.61. The summed E-state index contributed by atoms with van der Waals surface area (Å²) < 4.78 is 10.8. The molecule has 2 aliphatic rings. The molecule has 0 saturated heterocycles. The van der Waals surface area contributed by atoms with Crippen LogP contribution in [0.4, 0.5) is 0 Å². The molecule has 3 nitrogen and oxygen atoms in total. The van der Waals surface area contributed by atoms with Crippen molar-refractivity contribution < 1.29 is 14.3 Å². The number of methoxy groups -OCH3 is 1. The van der Waals surface area contributed by atoms with Gasteiger partial charge < -0.3 is 9.47 Å². The molecule has 2 rings (SSSR count). The highest BCUT2D eigenvalue weighted by Gasteiger charge is 2.38. The molecule has 0 aromatic carbocycles. The van der Waals surface area contributed by atoms with Gasteiger partial charge in [0.25, 0.3) is 0 Å². The van der Waals surface area contributed by atoms with E-state index in [1.807, 2.05) is 0 Å². The second-order valence-corrected chi connectivity index (χ2v) is 5.39. The van der Waals surface area contributed by atoms with E-state index in [1.54, 1.807) is 13.2 Å². The van der Waals surface area contributed by atoms with Crippen molar-refractivity contribution >= 4 is 5.78 Å². The molecule has 4 atom stereocenters. The van der Waals surface area contributed by atoms with Crippen LogP contribution in [-0.2, 0) is 14.3 Å². The van der Waals surface area contributed by atoms with Gasteiger partial charge in [-0.1, -0.05) is 19.1 Å². The van der Waals surface area contributed by atoms with Crippen molar-refractivity contribution in [2.45, 2.75) is 32.8 Å². The van der Waals surface area contributed by atoms with E-state index in [4.69, 9.17) is 9.47 Å². The zero-order chi connectivity index (χ0) is 13.1. The summed E-state index contributed by atoms with van der Waals surface area (Å²) in [6, 6.07) is 0. The average Bonchev–Trinajstić information content (AvgIpc) is 2.48. The van der Waals surface area contributed by atoms with Crippen LogP contribution in [0.5, 0.6) is 0 Å². The lowest BCUT2D eigenvalue weighted by Gasteiger charge is -2.38. The lowest BCUT2D eigenvalue weighted by atomic mass is 9.71. The van der Waals surface area contributed by atoms with E-state index in [0.717, 1.165) is 6.42 Å². The molecule has 1 unspecified atom stereocenters. The van der Waals surface area contributed by atoms with Gasteiger partial charge in [-0.25, -0.2) is 0 Å². The number of fused-ring (bicyclic) bond motifs is 1. The highest BCUT2D eigenvalue weighted by atomic mass is 16.7. The number of carbonyl (C=O) groups excluding carboxylic acids is 1. The van der Waals surface area contributed by atoms with E-state index < -0.39 is 0 Å². The highest BCUT2D eigenvalue weighted by molar-refractivity contribution is 5.90. The SMILES string of the molecule is COCO[C@H]1C(C)=CC[C@H]2C(C)C=CC(=O)C[C@H]12. The number of ether oxygens (including phenoxy) is 2. The largest absolute Gasteiger partial charge is 0.359 e. The van der Waals surface area contributed by atoms with Gasteiger partial charge in [0.05, 0.1) is 6.10 Å². The van der Waals surface area contributed by atoms with Gasteiger partial charge in [-0.05, 0) is 42.7 Å². The molecule has 18 heavy (non-hydrogen) atoms. The molecule has 0 N–H and O–H groups in total. The fourth-order valence-electron chi connectivity index (χ4n) is 3.14. The van der Waals surface area contributed by atoms with Crippen LogP contribution >= 0.6 is 0 Å². The third-order valence-corrected chi connectivity index (χ3v) is 4.16. The number of hydrogen-bond donors (Lipinski definition) is 0. The van der Waals surface area contributed by atoms with E-state index in [-0.39, 0.29) is 24.6 Å². The van der Waals surface area contributed by atoms with Crippen molar-refractivity contribution in [2.75, 3.05) is 13.9 Å². The number of ketones is 1. The maximum atomic E-state index is 11.8. The van der Waals surface area contributed by atoms with Crippen LogP contribution in [0.3, 0.4) is 0 Å². The monoisotopic (exact) mass is 250 g/mol. The van der Waals surface area contributed by atoms with Crippen molar-refractivity contribution in [2.24, 2.45) is 17.8 Å². The molecule has 100 valence electrons. The standard InChI is InChI=1S/C15H22O3/c1-10-4-6-12(16)8-14-13(10)7-5-11(2)15(14)18-9-17-3/h4-6,10,13-15H,7-9H2,1-3H3/t10?,13-,14-,15-/m0/s1. The van der Waals surface area contributed by atoms with Crippen molar-refractivity contribution in [1.29, 1.82) is 0 Å². The summed E-state index contributed by atoms with van der Waals surface area (Å²) in [4.78, 5) is 11.8. The maximum Gasteiger partial charge on any atom is 0.155 e. The Hall–Kier alpha value is -0.930. The summed E-state index contributed by atoms with van der Waals surface area (Å²) in [6.45, 7) is 4.56. The van der Waals surface area contributed by atoms with Crippen molar-refractivity contribution in [3.8, 4) is 0 Å². The molecule has 3 heteroatoms. The van der Waals surface area contributed by atoms with Gasteiger partial charge in [0.2, 0.25) is 0 Å². The highest BCUT2D eigenvalue weighted by Crippen LogP contribution is 2.40. The quantitative estimate of drug-likeness (QED) is 0.570. The third kappa shape index (κ3) is 2.73. The zero-order valence-electron chi connectivity index (χ0n) is 11.4. The Balaban J connectivity index is 2.21. The van der Waals surface area contributed by atoms with E-state index in [9.17, 15) is 4.79 Å². The molecule has 2 aliphatic carbocycles. The number of hydrogen-bond acceptors (Lipinski definition) is 3. The van der Waals surface area contributed by atoms with Gasteiger partial charge in [-0.2, -0.15) is 0 Å². The Labute approximate surface area is 109 Å². The minimum Gasteiger partial charge on any atom is -0.359 e. The molecule has 0 saturated carbocycles. The van der Waals surface area contributed by atoms with E-state index >= 15 is 0 Å². The van der Waals surface area contributed by atoms with E-state index in [0.29, 0.717) is 18.3 Å². The summed E-state index contributed by atoms with van der Waals surface area (Å²) >= 11 is 0. The molecule has 0 heterocycles. The summed E-state index contributed by atoms with van der Waals surface area (Å²) in [5.41, 5.74) is 1.23. The van der Waals surface area contributed by atoms with Gasteiger partial charge in [0, 0.05) is 13.5 Å². The Kier molecular flexibility index (Phi) is 4.36. The Morgan fingerprint density at radius 1 is 1.39 bits per heavy atom. The molecular weight excluding hydrogens is 228 g/mol. The number of rotatable bonds is 3. The van der Waals surface area contributed by atoms with Crippen molar-refractivity contribution in [1.82, 2.24) is 0 Å². The van der Waals surface area contributed by atoms with Crippen molar-refractivity contribution in [3.05, 3.63) is 23.8 Å². The topological polar surface area (TPSA) is 35.5 Å². The molecular formula is C15H22O3. The maximum absolute atomic E-state index is 11.8. The fraction of sp³-hybridized carbons (Fsp3) is 0.667. The van der Waals surface area contributed by atoms with Crippen molar-refractivity contribution in [3.63, 3.8) is 0 Å². The first-order chi connectivity index (χ1) is 8.63. The predicted octanol–water partition coefficient (Wildman–Crippen LogP) is 2.72. The van der Waals surface area contributed by atoms with Crippen LogP contribution in [0.1, 0.15) is 26.7 Å². The van der Waals surface area contributed by atoms with Gasteiger partial charge >= 0.3 is 0 Å². The molecule has 0 bridgehead atoms. The molecule has 0 amide bonds. The zero-order valence-corrected chi connectivity index (χ0v) is 11.4. The van der Waals surface area contributed by atoms with Gasteiger partial charge in [-0.3, -0.25) is 4.79 Å². The predicted molar refractivity (Wildman–Crippen MR) is 70.0 cm³/mol. The molecule has 0 radical (unpaired) electrons. The normalized spacial score (nSPS) is 35.9. The fourth-order valence-corrected chi connectivity index (χ4v) is 3.14. The minimum atomic E-state index is 0.0231. The van der Waals surface area contributed by atoms with E-state index in [1.165, 1.54) is 5.57 Å². The Morgan fingerprint density at radius 2 is 2.17 bits per heavy atom. The summed E-state index contributed by atoms with van der Waals surface area (Å²) in [7, 11) is 1.63. The summed E-state index contributed by atoms with van der Waals surface area (Å²) in [5, 5.41) is 0. The van der Waals surface area contributed by atoms with Crippen LogP contribution in [0.2, 0.25) is 0 Å². The lowest BCUT2D eigenvalue weighted by Crippen LogP contribution is -2.37. The second kappa shape index (κ2) is 5.81. The average molecular weight is 250 g/mol. The summed E-state index contributed by atoms with van der Waals surface area (Å²) in [6.07, 6.45) is 7.70. The van der Waals surface area contributed by atoms with Gasteiger partial charge in [-0.15, -0.1) is 0 Å². The molecule has 0 fully saturated rings. The smallest absolute Gasteiger partial charge is 0.155 e. The third-order valence-electron chi connectivity index (χ3n) is 4.16. The Bertz CT molecular complexity index is 370. The van der Waals surface area contributed by atoms with Crippen LogP contribution in [0.25, 0.3) is 0 Å². The lowest BCUT2D eigenvalue weighted by molar-refractivity contribution is -0.121. The molecule has 0 aromatic heterocycles. The van der Waals surface area contributed by atoms with Crippen LogP contribution in [0.15, 0.2) is 23.8 Å². The van der Waals surface area contributed by atoms with Crippen LogP contribution < -0.4 is 0 Å².